The van der Waals surface area contributed by atoms with Gasteiger partial charge in [0.15, 0.2) is 0 Å². The topological polar surface area (TPSA) is 24.1 Å². The minimum absolute atomic E-state index is 0.109. The second-order valence-corrected chi connectivity index (χ2v) is 7.93. The van der Waals surface area contributed by atoms with Crippen molar-refractivity contribution in [1.29, 1.82) is 0 Å². The van der Waals surface area contributed by atoms with Gasteiger partial charge in [0.2, 0.25) is 0 Å². The van der Waals surface area contributed by atoms with Gasteiger partial charge in [0.05, 0.1) is 5.66 Å². The summed E-state index contributed by atoms with van der Waals surface area (Å²) in [4.78, 5) is 0. The molecule has 0 bridgehead atoms. The maximum Gasteiger partial charge on any atom is 0.0731 e. The maximum absolute atomic E-state index is 3.71. The van der Waals surface area contributed by atoms with Crippen molar-refractivity contribution in [2.75, 3.05) is 13.1 Å². The highest BCUT2D eigenvalue weighted by Gasteiger charge is 2.43. The Hall–Kier alpha value is 0.137. The van der Waals surface area contributed by atoms with Crippen LogP contribution in [0.2, 0.25) is 5.04 Å². The lowest BCUT2D eigenvalue weighted by atomic mass is 9.81. The summed E-state index contributed by atoms with van der Waals surface area (Å²) in [5.41, 5.74) is 0.109. The van der Waals surface area contributed by atoms with Gasteiger partial charge in [-0.05, 0) is 24.0 Å². The van der Waals surface area contributed by atoms with E-state index in [1.165, 1.54) is 16.7 Å². The van der Waals surface area contributed by atoms with Gasteiger partial charge in [-0.3, -0.25) is 10.6 Å². The van der Waals surface area contributed by atoms with Gasteiger partial charge in [0.25, 0.3) is 0 Å². The molecule has 92 valence electrons. The number of rotatable bonds is 7. The number of hydrogen-bond donors (Lipinski definition) is 2. The maximum atomic E-state index is 3.71. The van der Waals surface area contributed by atoms with Gasteiger partial charge in [-0.15, -0.1) is 0 Å². The molecule has 0 radical (unpaired) electrons. The Labute approximate surface area is 99.0 Å². The molecule has 0 spiro atoms. The lowest BCUT2D eigenvalue weighted by Crippen LogP contribution is -2.66. The Morgan fingerprint density at radius 3 is 1.67 bits per heavy atom. The van der Waals surface area contributed by atoms with E-state index in [2.05, 4.69) is 52.2 Å². The molecule has 0 fully saturated rings. The first-order valence-electron chi connectivity index (χ1n) is 6.35. The van der Waals surface area contributed by atoms with E-state index in [0.717, 1.165) is 13.1 Å². The quantitative estimate of drug-likeness (QED) is 0.512. The fourth-order valence-electron chi connectivity index (χ4n) is 2.54. The second kappa shape index (κ2) is 6.02. The van der Waals surface area contributed by atoms with Crippen molar-refractivity contribution in [2.24, 2.45) is 5.92 Å². The predicted molar refractivity (Wildman–Crippen MR) is 73.5 cm³/mol. The summed E-state index contributed by atoms with van der Waals surface area (Å²) in [6, 6.07) is 0. The Morgan fingerprint density at radius 1 is 1.07 bits per heavy atom. The van der Waals surface area contributed by atoms with Crippen LogP contribution in [0.5, 0.6) is 0 Å². The van der Waals surface area contributed by atoms with E-state index in [1.54, 1.807) is 0 Å². The van der Waals surface area contributed by atoms with E-state index in [9.17, 15) is 0 Å². The molecule has 0 saturated carbocycles. The molecule has 0 saturated heterocycles. The molecule has 0 amide bonds. The first-order valence-corrected chi connectivity index (χ1v) is 7.35. The summed E-state index contributed by atoms with van der Waals surface area (Å²) in [5.74, 6) is 0.657. The lowest BCUT2D eigenvalue weighted by Gasteiger charge is -2.50. The molecule has 2 nitrogen and oxygen atoms in total. The highest BCUT2D eigenvalue weighted by molar-refractivity contribution is 6.15. The van der Waals surface area contributed by atoms with Crippen molar-refractivity contribution in [2.45, 2.75) is 58.7 Å². The van der Waals surface area contributed by atoms with Crippen LogP contribution in [0.25, 0.3) is 0 Å². The van der Waals surface area contributed by atoms with Crippen molar-refractivity contribution in [1.82, 2.24) is 10.6 Å². The van der Waals surface area contributed by atoms with Crippen molar-refractivity contribution >= 4 is 10.2 Å². The van der Waals surface area contributed by atoms with Crippen molar-refractivity contribution in [3.8, 4) is 0 Å². The summed E-state index contributed by atoms with van der Waals surface area (Å²) in [5, 5.41) is 7.78. The smallest absolute Gasteiger partial charge is 0.0731 e. The van der Waals surface area contributed by atoms with E-state index >= 15 is 0 Å². The van der Waals surface area contributed by atoms with Crippen LogP contribution >= 0.6 is 0 Å². The van der Waals surface area contributed by atoms with Crippen LogP contribution in [-0.2, 0) is 0 Å². The fraction of sp³-hybridized carbons (Fsp3) is 1.00. The number of hydrogen-bond acceptors (Lipinski definition) is 2. The average Bonchev–Trinajstić information content (AvgIpc) is 2.14. The van der Waals surface area contributed by atoms with Crippen LogP contribution in [0, 0.1) is 5.92 Å². The zero-order valence-electron chi connectivity index (χ0n) is 11.7. The highest BCUT2D eigenvalue weighted by atomic mass is 28.1. The Morgan fingerprint density at radius 2 is 1.47 bits per heavy atom. The molecule has 0 aromatic carbocycles. The largest absolute Gasteiger partial charge is 0.299 e. The van der Waals surface area contributed by atoms with Gasteiger partial charge in [0, 0.05) is 10.2 Å². The zero-order chi connectivity index (χ0) is 12.1. The SMILES string of the molecule is CCNC(NCC)(C(C)CC)C(C)(C)[SiH3]. The molecular weight excluding hydrogens is 200 g/mol. The summed E-state index contributed by atoms with van der Waals surface area (Å²) >= 11 is 0. The Kier molecular flexibility index (Phi) is 6.07. The van der Waals surface area contributed by atoms with Crippen molar-refractivity contribution < 1.29 is 0 Å². The monoisotopic (exact) mass is 230 g/mol. The molecule has 1 atom stereocenters. The summed E-state index contributed by atoms with van der Waals surface area (Å²) in [6.45, 7) is 15.8. The molecule has 0 aliphatic carbocycles. The van der Waals surface area contributed by atoms with Crippen LogP contribution in [0.1, 0.15) is 48.0 Å². The van der Waals surface area contributed by atoms with Crippen LogP contribution in [0.4, 0.5) is 0 Å². The van der Waals surface area contributed by atoms with Crippen LogP contribution < -0.4 is 10.6 Å². The van der Waals surface area contributed by atoms with Crippen LogP contribution in [0.15, 0.2) is 0 Å². The third kappa shape index (κ3) is 3.30. The van der Waals surface area contributed by atoms with E-state index in [0.29, 0.717) is 11.0 Å². The molecule has 0 rings (SSSR count). The van der Waals surface area contributed by atoms with E-state index in [4.69, 9.17) is 0 Å². The minimum atomic E-state index is 0.109. The fourth-order valence-corrected chi connectivity index (χ4v) is 3.39. The molecule has 0 aliphatic heterocycles. The first-order chi connectivity index (χ1) is 6.85. The molecule has 3 heteroatoms. The first kappa shape index (κ1) is 15.1. The lowest BCUT2D eigenvalue weighted by molar-refractivity contribution is 0.120. The molecule has 0 aromatic heterocycles. The standard InChI is InChI=1S/C12H30N2Si/c1-7-10(4)12(13-8-2,14-9-3)11(5,6)15/h10,13-14H,7-9H2,1-6,15H3. The molecule has 0 heterocycles. The average molecular weight is 230 g/mol. The van der Waals surface area contributed by atoms with Crippen LogP contribution in [-0.4, -0.2) is 29.0 Å². The van der Waals surface area contributed by atoms with Gasteiger partial charge in [-0.25, -0.2) is 0 Å². The van der Waals surface area contributed by atoms with Gasteiger partial charge in [-0.2, -0.15) is 0 Å². The van der Waals surface area contributed by atoms with E-state index in [-0.39, 0.29) is 5.66 Å². The van der Waals surface area contributed by atoms with Gasteiger partial charge < -0.3 is 0 Å². The molecule has 15 heavy (non-hydrogen) atoms. The van der Waals surface area contributed by atoms with Crippen molar-refractivity contribution in [3.05, 3.63) is 0 Å². The highest BCUT2D eigenvalue weighted by Crippen LogP contribution is 2.39. The Balaban J connectivity index is 5.06. The third-order valence-corrected chi connectivity index (χ3v) is 4.23. The normalized spacial score (nSPS) is 15.6. The van der Waals surface area contributed by atoms with E-state index in [1.807, 2.05) is 0 Å². The summed E-state index contributed by atoms with van der Waals surface area (Å²) in [6.07, 6.45) is 1.21. The third-order valence-electron chi connectivity index (χ3n) is 3.45. The molecule has 1 unspecified atom stereocenters. The molecular formula is C12H30N2Si. The summed E-state index contributed by atoms with van der Waals surface area (Å²) in [7, 11) is 1.19. The second-order valence-electron chi connectivity index (χ2n) is 5.43. The van der Waals surface area contributed by atoms with Gasteiger partial charge >= 0.3 is 0 Å². The summed E-state index contributed by atoms with van der Waals surface area (Å²) < 4.78 is 0. The van der Waals surface area contributed by atoms with Crippen molar-refractivity contribution in [3.63, 3.8) is 0 Å². The van der Waals surface area contributed by atoms with E-state index < -0.39 is 0 Å². The minimum Gasteiger partial charge on any atom is -0.299 e. The molecule has 0 aliphatic rings. The zero-order valence-corrected chi connectivity index (χ0v) is 13.7. The number of nitrogens with one attached hydrogen (secondary N) is 2. The van der Waals surface area contributed by atoms with Crippen LogP contribution in [0.3, 0.4) is 0 Å². The van der Waals surface area contributed by atoms with Gasteiger partial charge in [0.1, 0.15) is 0 Å². The molecule has 0 aromatic rings. The van der Waals surface area contributed by atoms with Gasteiger partial charge in [-0.1, -0.05) is 48.0 Å². The Bertz CT molecular complexity index is 169. The molecule has 2 N–H and O–H groups in total. The predicted octanol–water partition coefficient (Wildman–Crippen LogP) is 1.51.